The van der Waals surface area contributed by atoms with E-state index in [0.29, 0.717) is 0 Å². The van der Waals surface area contributed by atoms with Crippen molar-refractivity contribution in [2.24, 2.45) is 0 Å². The normalized spacial score (nSPS) is 24.8. The molecule has 4 nitrogen and oxygen atoms in total. The van der Waals surface area contributed by atoms with Crippen LogP contribution in [0.15, 0.2) is 0 Å². The lowest BCUT2D eigenvalue weighted by Gasteiger charge is -2.41. The van der Waals surface area contributed by atoms with Gasteiger partial charge in [-0.05, 0) is 20.3 Å². The van der Waals surface area contributed by atoms with Gasteiger partial charge in [-0.2, -0.15) is 17.5 Å². The molecule has 1 fully saturated rings. The van der Waals surface area contributed by atoms with E-state index in [1.54, 1.807) is 13.8 Å². The molecule has 0 bridgehead atoms. The number of rotatable bonds is 5. The fraction of sp³-hybridized carbons (Fsp3) is 1.00. The van der Waals surface area contributed by atoms with Gasteiger partial charge >= 0.3 is 6.18 Å². The number of ether oxygens (including phenoxy) is 1. The Morgan fingerprint density at radius 1 is 1.40 bits per heavy atom. The van der Waals surface area contributed by atoms with E-state index >= 15 is 0 Å². The first kappa shape index (κ1) is 18.0. The van der Waals surface area contributed by atoms with Crippen LogP contribution in [0.4, 0.5) is 13.2 Å². The van der Waals surface area contributed by atoms with Crippen molar-refractivity contribution in [3.05, 3.63) is 0 Å². The Bertz CT molecular complexity index is 425. The van der Waals surface area contributed by atoms with Crippen molar-refractivity contribution in [1.29, 1.82) is 0 Å². The second-order valence-electron chi connectivity index (χ2n) is 5.48. The van der Waals surface area contributed by atoms with Crippen LogP contribution >= 0.6 is 11.6 Å². The molecule has 1 atom stereocenters. The molecule has 0 spiro atoms. The number of sulfonamides is 1. The molecular formula is C11H19ClF3NO3S. The Kier molecular flexibility index (Phi) is 5.74. The minimum absolute atomic E-state index is 0.0846. The van der Waals surface area contributed by atoms with Gasteiger partial charge in [-0.15, -0.1) is 11.6 Å². The molecule has 0 N–H and O–H groups in total. The van der Waals surface area contributed by atoms with Crippen LogP contribution in [-0.4, -0.2) is 55.3 Å². The third-order valence-corrected chi connectivity index (χ3v) is 5.09. The predicted molar refractivity (Wildman–Crippen MR) is 70.3 cm³/mol. The molecular weight excluding hydrogens is 319 g/mol. The van der Waals surface area contributed by atoms with Crippen LogP contribution in [0.25, 0.3) is 0 Å². The lowest BCUT2D eigenvalue weighted by molar-refractivity contribution is -0.134. The van der Waals surface area contributed by atoms with Crippen molar-refractivity contribution in [1.82, 2.24) is 4.31 Å². The maximum absolute atomic E-state index is 12.1. The van der Waals surface area contributed by atoms with E-state index in [0.717, 1.165) is 0 Å². The zero-order valence-electron chi connectivity index (χ0n) is 11.4. The van der Waals surface area contributed by atoms with Crippen LogP contribution < -0.4 is 0 Å². The van der Waals surface area contributed by atoms with Crippen LogP contribution in [0.3, 0.4) is 0 Å². The van der Waals surface area contributed by atoms with Gasteiger partial charge in [-0.3, -0.25) is 0 Å². The first-order chi connectivity index (χ1) is 8.95. The molecule has 1 rings (SSSR count). The lowest BCUT2D eigenvalue weighted by atomic mass is 10.1. The van der Waals surface area contributed by atoms with E-state index in [-0.39, 0.29) is 19.0 Å². The zero-order valence-corrected chi connectivity index (χ0v) is 13.0. The van der Waals surface area contributed by atoms with Crippen LogP contribution in [0, 0.1) is 0 Å². The smallest absolute Gasteiger partial charge is 0.368 e. The summed E-state index contributed by atoms with van der Waals surface area (Å²) in [7, 11) is -3.73. The molecule has 20 heavy (non-hydrogen) atoms. The van der Waals surface area contributed by atoms with Crippen LogP contribution in [0.1, 0.15) is 26.7 Å². The van der Waals surface area contributed by atoms with Gasteiger partial charge < -0.3 is 4.74 Å². The highest BCUT2D eigenvalue weighted by Gasteiger charge is 2.38. The van der Waals surface area contributed by atoms with Gasteiger partial charge in [0.15, 0.2) is 0 Å². The molecule has 1 saturated heterocycles. The molecule has 0 aromatic rings. The Morgan fingerprint density at radius 2 is 2.00 bits per heavy atom. The topological polar surface area (TPSA) is 46.6 Å². The van der Waals surface area contributed by atoms with Crippen molar-refractivity contribution in [3.63, 3.8) is 0 Å². The molecule has 9 heteroatoms. The number of nitrogens with zero attached hydrogens (tertiary/aromatic N) is 1. The van der Waals surface area contributed by atoms with Crippen molar-refractivity contribution >= 4 is 21.6 Å². The number of alkyl halides is 4. The van der Waals surface area contributed by atoms with E-state index in [9.17, 15) is 21.6 Å². The van der Waals surface area contributed by atoms with Gasteiger partial charge in [0, 0.05) is 25.4 Å². The maximum Gasteiger partial charge on any atom is 0.389 e. The van der Waals surface area contributed by atoms with Crippen LogP contribution in [0.5, 0.6) is 0 Å². The molecule has 0 aromatic heterocycles. The second-order valence-corrected chi connectivity index (χ2v) is 7.88. The number of morpholine rings is 1. The highest BCUT2D eigenvalue weighted by atomic mass is 35.5. The van der Waals surface area contributed by atoms with E-state index in [4.69, 9.17) is 16.3 Å². The summed E-state index contributed by atoms with van der Waals surface area (Å²) in [5.41, 5.74) is -0.700. The Morgan fingerprint density at radius 3 is 2.50 bits per heavy atom. The monoisotopic (exact) mass is 337 g/mol. The van der Waals surface area contributed by atoms with E-state index in [2.05, 4.69) is 0 Å². The van der Waals surface area contributed by atoms with Gasteiger partial charge in [0.2, 0.25) is 10.0 Å². The molecule has 1 heterocycles. The van der Waals surface area contributed by atoms with Crippen molar-refractivity contribution in [2.75, 3.05) is 24.7 Å². The summed E-state index contributed by atoms with van der Waals surface area (Å²) < 4.78 is 67.1. The maximum atomic E-state index is 12.1. The summed E-state index contributed by atoms with van der Waals surface area (Å²) in [6.45, 7) is 3.66. The van der Waals surface area contributed by atoms with E-state index in [1.165, 1.54) is 4.31 Å². The highest BCUT2D eigenvalue weighted by Crippen LogP contribution is 2.26. The number of hydrogen-bond donors (Lipinski definition) is 0. The van der Waals surface area contributed by atoms with Gasteiger partial charge in [0.1, 0.15) is 0 Å². The quantitative estimate of drug-likeness (QED) is 0.724. The summed E-state index contributed by atoms with van der Waals surface area (Å²) >= 11 is 5.69. The Balaban J connectivity index is 2.66. The van der Waals surface area contributed by atoms with Crippen LogP contribution in [-0.2, 0) is 14.8 Å². The molecule has 0 saturated carbocycles. The Labute approximate surface area is 122 Å². The minimum atomic E-state index is -4.33. The largest absolute Gasteiger partial charge is 0.389 e. The first-order valence-electron chi connectivity index (χ1n) is 6.23. The van der Waals surface area contributed by atoms with Gasteiger partial charge in [0.05, 0.1) is 17.5 Å². The van der Waals surface area contributed by atoms with E-state index in [1.807, 2.05) is 0 Å². The lowest BCUT2D eigenvalue weighted by Crippen LogP contribution is -2.55. The third-order valence-electron chi connectivity index (χ3n) is 2.88. The average Bonchev–Trinajstić information content (AvgIpc) is 2.24. The summed E-state index contributed by atoms with van der Waals surface area (Å²) in [5, 5.41) is 0. The Hall–Kier alpha value is -0.0500. The van der Waals surface area contributed by atoms with Crippen molar-refractivity contribution in [2.45, 2.75) is 44.6 Å². The summed E-state index contributed by atoms with van der Waals surface area (Å²) in [6.07, 6.45) is -6.31. The number of halogens is 4. The fourth-order valence-corrected chi connectivity index (χ4v) is 3.95. The van der Waals surface area contributed by atoms with Crippen LogP contribution in [0.2, 0.25) is 0 Å². The van der Waals surface area contributed by atoms with Gasteiger partial charge in [-0.1, -0.05) is 0 Å². The highest BCUT2D eigenvalue weighted by molar-refractivity contribution is 7.89. The predicted octanol–water partition coefficient (Wildman–Crippen LogP) is 2.38. The van der Waals surface area contributed by atoms with Crippen molar-refractivity contribution in [3.8, 4) is 0 Å². The fourth-order valence-electron chi connectivity index (χ4n) is 2.12. The molecule has 0 aliphatic carbocycles. The molecule has 0 radical (unpaired) electrons. The van der Waals surface area contributed by atoms with Crippen molar-refractivity contribution < 1.29 is 26.3 Å². The standard InChI is InChI=1S/C11H19ClF3NO3S/c1-10(2)8-16(7-9(6-12)19-10)20(17,18)5-3-4-11(13,14)15/h9H,3-8H2,1-2H3. The molecule has 1 aliphatic rings. The molecule has 1 unspecified atom stereocenters. The molecule has 0 amide bonds. The number of hydrogen-bond acceptors (Lipinski definition) is 3. The summed E-state index contributed by atoms with van der Waals surface area (Å²) in [5.74, 6) is -0.379. The molecule has 0 aromatic carbocycles. The summed E-state index contributed by atoms with van der Waals surface area (Å²) in [4.78, 5) is 0. The third kappa shape index (κ3) is 5.75. The first-order valence-corrected chi connectivity index (χ1v) is 8.38. The SMILES string of the molecule is CC1(C)CN(S(=O)(=O)CCCC(F)(F)F)CC(CCl)O1. The average molecular weight is 338 g/mol. The molecule has 1 aliphatic heterocycles. The summed E-state index contributed by atoms with van der Waals surface area (Å²) in [6, 6.07) is 0. The zero-order chi connectivity index (χ0) is 15.6. The van der Waals surface area contributed by atoms with Gasteiger partial charge in [-0.25, -0.2) is 8.42 Å². The minimum Gasteiger partial charge on any atom is -0.368 e. The molecule has 120 valence electrons. The van der Waals surface area contributed by atoms with Gasteiger partial charge in [0.25, 0.3) is 0 Å². The second kappa shape index (κ2) is 6.37. The van der Waals surface area contributed by atoms with E-state index < -0.39 is 46.5 Å².